The Bertz CT molecular complexity index is 198. The molecule has 1 fully saturated rings. The summed E-state index contributed by atoms with van der Waals surface area (Å²) in [5.41, 5.74) is 5.47. The second-order valence-corrected chi connectivity index (χ2v) is 4.41. The van der Waals surface area contributed by atoms with Crippen LogP contribution in [-0.4, -0.2) is 43.0 Å². The fraction of sp³-hybridized carbons (Fsp3) is 0.909. The summed E-state index contributed by atoms with van der Waals surface area (Å²) in [5.74, 6) is 0.600. The Hall–Kier alpha value is -0.610. The molecule has 0 aliphatic carbocycles. The van der Waals surface area contributed by atoms with Gasteiger partial charge in [0.05, 0.1) is 6.04 Å². The Morgan fingerprint density at radius 1 is 1.53 bits per heavy atom. The number of nitrogens with two attached hydrogens (primary N) is 1. The predicted molar refractivity (Wildman–Crippen MR) is 61.5 cm³/mol. The lowest BCUT2D eigenvalue weighted by molar-refractivity contribution is -0.122. The molecule has 0 unspecified atom stereocenters. The summed E-state index contributed by atoms with van der Waals surface area (Å²) in [4.78, 5) is 13.7. The number of nitrogens with zero attached hydrogens (tertiary/aromatic N) is 1. The lowest BCUT2D eigenvalue weighted by atomic mass is 9.97. The van der Waals surface area contributed by atoms with E-state index in [2.05, 4.69) is 17.1 Å². The summed E-state index contributed by atoms with van der Waals surface area (Å²) in [7, 11) is 0. The van der Waals surface area contributed by atoms with E-state index in [1.165, 1.54) is 12.8 Å². The van der Waals surface area contributed by atoms with E-state index < -0.39 is 0 Å². The number of carbonyl (C=O) groups excluding carboxylic acids is 1. The molecule has 4 nitrogen and oxygen atoms in total. The van der Waals surface area contributed by atoms with Gasteiger partial charge in [-0.25, -0.2) is 0 Å². The van der Waals surface area contributed by atoms with Gasteiger partial charge in [0, 0.05) is 6.54 Å². The van der Waals surface area contributed by atoms with Crippen molar-refractivity contribution < 1.29 is 4.79 Å². The molecule has 3 N–H and O–H groups in total. The summed E-state index contributed by atoms with van der Waals surface area (Å²) >= 11 is 0. The monoisotopic (exact) mass is 213 g/mol. The highest BCUT2D eigenvalue weighted by atomic mass is 16.2. The van der Waals surface area contributed by atoms with Gasteiger partial charge in [-0.05, 0) is 45.3 Å². The molecule has 0 aromatic rings. The summed E-state index contributed by atoms with van der Waals surface area (Å²) in [5, 5.41) is 2.90. The Kier molecular flexibility index (Phi) is 5.05. The van der Waals surface area contributed by atoms with Gasteiger partial charge in [-0.1, -0.05) is 6.92 Å². The average molecular weight is 213 g/mol. The van der Waals surface area contributed by atoms with Gasteiger partial charge in [0.2, 0.25) is 5.91 Å². The molecule has 1 aliphatic heterocycles. The van der Waals surface area contributed by atoms with Crippen LogP contribution in [0.25, 0.3) is 0 Å². The van der Waals surface area contributed by atoms with Crippen molar-refractivity contribution in [1.82, 2.24) is 10.2 Å². The first-order valence-corrected chi connectivity index (χ1v) is 5.89. The van der Waals surface area contributed by atoms with Crippen molar-refractivity contribution in [2.75, 3.05) is 26.2 Å². The topological polar surface area (TPSA) is 58.4 Å². The molecule has 1 amide bonds. The van der Waals surface area contributed by atoms with Crippen molar-refractivity contribution in [2.45, 2.75) is 32.7 Å². The van der Waals surface area contributed by atoms with Crippen LogP contribution >= 0.6 is 0 Å². The smallest absolute Gasteiger partial charge is 0.236 e. The second kappa shape index (κ2) is 6.08. The zero-order chi connectivity index (χ0) is 11.3. The van der Waals surface area contributed by atoms with Gasteiger partial charge in [-0.15, -0.1) is 0 Å². The minimum atomic E-state index is -0.388. The fourth-order valence-electron chi connectivity index (χ4n) is 1.91. The second-order valence-electron chi connectivity index (χ2n) is 4.41. The van der Waals surface area contributed by atoms with E-state index >= 15 is 0 Å². The first-order chi connectivity index (χ1) is 7.13. The van der Waals surface area contributed by atoms with Gasteiger partial charge < -0.3 is 16.0 Å². The molecule has 88 valence electrons. The lowest BCUT2D eigenvalue weighted by Crippen LogP contribution is -2.43. The van der Waals surface area contributed by atoms with Crippen LogP contribution in [0.4, 0.5) is 0 Å². The van der Waals surface area contributed by atoms with Crippen molar-refractivity contribution in [1.29, 1.82) is 0 Å². The number of carbonyl (C=O) groups is 1. The molecular weight excluding hydrogens is 190 g/mol. The molecule has 1 atom stereocenters. The molecule has 1 heterocycles. The molecule has 0 aromatic heterocycles. The Balaban J connectivity index is 2.16. The van der Waals surface area contributed by atoms with E-state index in [9.17, 15) is 4.79 Å². The van der Waals surface area contributed by atoms with Crippen LogP contribution in [0.5, 0.6) is 0 Å². The van der Waals surface area contributed by atoms with Crippen LogP contribution in [0.3, 0.4) is 0 Å². The highest BCUT2D eigenvalue weighted by Gasteiger charge is 2.18. The molecule has 0 spiro atoms. The van der Waals surface area contributed by atoms with Gasteiger partial charge in [0.25, 0.3) is 0 Å². The van der Waals surface area contributed by atoms with Crippen molar-refractivity contribution in [3.8, 4) is 0 Å². The van der Waals surface area contributed by atoms with E-state index in [4.69, 9.17) is 5.73 Å². The average Bonchev–Trinajstić information content (AvgIpc) is 2.26. The largest absolute Gasteiger partial charge is 0.354 e. The fourth-order valence-corrected chi connectivity index (χ4v) is 1.91. The van der Waals surface area contributed by atoms with E-state index in [-0.39, 0.29) is 11.9 Å². The summed E-state index contributed by atoms with van der Waals surface area (Å²) < 4.78 is 0. The minimum Gasteiger partial charge on any atom is -0.354 e. The molecule has 0 bridgehead atoms. The van der Waals surface area contributed by atoms with Crippen molar-refractivity contribution in [3.05, 3.63) is 0 Å². The maximum absolute atomic E-state index is 11.3. The normalized spacial score (nSPS) is 21.3. The molecule has 1 aliphatic rings. The Morgan fingerprint density at radius 2 is 2.13 bits per heavy atom. The van der Waals surface area contributed by atoms with E-state index in [1.54, 1.807) is 6.92 Å². The number of likely N-dealkylation sites (tertiary alicyclic amines) is 1. The third-order valence-electron chi connectivity index (χ3n) is 3.13. The Labute approximate surface area is 92.2 Å². The third-order valence-corrected chi connectivity index (χ3v) is 3.13. The lowest BCUT2D eigenvalue weighted by Gasteiger charge is -2.31. The third kappa shape index (κ3) is 4.18. The zero-order valence-electron chi connectivity index (χ0n) is 9.83. The summed E-state index contributed by atoms with van der Waals surface area (Å²) in [6.07, 6.45) is 2.38. The van der Waals surface area contributed by atoms with Gasteiger partial charge in [-0.3, -0.25) is 4.79 Å². The number of rotatable bonds is 4. The van der Waals surface area contributed by atoms with Crippen LogP contribution in [0.1, 0.15) is 26.7 Å². The molecule has 1 saturated heterocycles. The van der Waals surface area contributed by atoms with Crippen LogP contribution in [0, 0.1) is 5.92 Å². The molecule has 0 radical (unpaired) electrons. The van der Waals surface area contributed by atoms with E-state index in [0.29, 0.717) is 5.92 Å². The minimum absolute atomic E-state index is 0.0343. The highest BCUT2D eigenvalue weighted by molar-refractivity contribution is 5.80. The molecule has 0 aromatic carbocycles. The first kappa shape index (κ1) is 12.5. The summed E-state index contributed by atoms with van der Waals surface area (Å²) in [6.45, 7) is 8.16. The number of hydrogen-bond donors (Lipinski definition) is 2. The van der Waals surface area contributed by atoms with Crippen LogP contribution < -0.4 is 11.1 Å². The molecule has 15 heavy (non-hydrogen) atoms. The highest BCUT2D eigenvalue weighted by Crippen LogP contribution is 2.15. The maximum Gasteiger partial charge on any atom is 0.236 e. The van der Waals surface area contributed by atoms with Crippen molar-refractivity contribution in [2.24, 2.45) is 11.7 Å². The number of hydrogen-bond acceptors (Lipinski definition) is 3. The molecule has 4 heteroatoms. The van der Waals surface area contributed by atoms with Gasteiger partial charge in [0.1, 0.15) is 0 Å². The Morgan fingerprint density at radius 3 is 2.60 bits per heavy atom. The van der Waals surface area contributed by atoms with Crippen molar-refractivity contribution in [3.63, 3.8) is 0 Å². The van der Waals surface area contributed by atoms with Crippen LogP contribution in [0.2, 0.25) is 0 Å². The van der Waals surface area contributed by atoms with E-state index in [0.717, 1.165) is 26.2 Å². The molecule has 1 rings (SSSR count). The van der Waals surface area contributed by atoms with Crippen molar-refractivity contribution >= 4 is 5.91 Å². The maximum atomic E-state index is 11.3. The van der Waals surface area contributed by atoms with Gasteiger partial charge in [-0.2, -0.15) is 0 Å². The predicted octanol–water partition coefficient (Wildman–Crippen LogP) is 0.182. The standard InChI is InChI=1S/C11H23N3O/c1-3-14-6-4-10(5-7-14)8-13-11(15)9(2)12/h9-10H,3-8,12H2,1-2H3,(H,13,15)/t9-/m1/s1. The molecule has 0 saturated carbocycles. The van der Waals surface area contributed by atoms with Gasteiger partial charge >= 0.3 is 0 Å². The first-order valence-electron chi connectivity index (χ1n) is 5.89. The quantitative estimate of drug-likeness (QED) is 0.700. The van der Waals surface area contributed by atoms with Gasteiger partial charge in [0.15, 0.2) is 0 Å². The van der Waals surface area contributed by atoms with Crippen LogP contribution in [-0.2, 0) is 4.79 Å². The number of amides is 1. The summed E-state index contributed by atoms with van der Waals surface area (Å²) in [6, 6.07) is -0.388. The van der Waals surface area contributed by atoms with Crippen LogP contribution in [0.15, 0.2) is 0 Å². The zero-order valence-corrected chi connectivity index (χ0v) is 9.83. The van der Waals surface area contributed by atoms with E-state index in [1.807, 2.05) is 0 Å². The number of nitrogens with one attached hydrogen (secondary N) is 1. The molecular formula is C11H23N3O. The number of piperidine rings is 1. The SMILES string of the molecule is CCN1CCC(CNC(=O)[C@@H](C)N)CC1.